The van der Waals surface area contributed by atoms with Crippen LogP contribution in [0, 0.1) is 69.2 Å². The molecule has 16 rings (SSSR count). The zero-order chi connectivity index (χ0) is 79.2. The van der Waals surface area contributed by atoms with E-state index in [0.717, 1.165) is 148 Å². The fourth-order valence-electron chi connectivity index (χ4n) is 14.0. The number of hydrogen-bond acceptors (Lipinski definition) is 16. The summed E-state index contributed by atoms with van der Waals surface area (Å²) in [5.41, 5.74) is 20.2. The van der Waals surface area contributed by atoms with E-state index >= 15 is 0 Å². The fraction of sp³-hybridized carbons (Fsp3) is 0.261. The number of anilines is 2. The number of nitrogens with one attached hydrogen (secondary N) is 4. The highest BCUT2D eigenvalue weighted by atomic mass is 35.5. The molecule has 0 spiro atoms. The lowest BCUT2D eigenvalue weighted by molar-refractivity contribution is 0.648. The second-order valence-electron chi connectivity index (χ2n) is 28.9. The van der Waals surface area contributed by atoms with Crippen LogP contribution in [-0.2, 0) is 45.3 Å². The van der Waals surface area contributed by atoms with Gasteiger partial charge in [-0.25, -0.2) is 39.3 Å². The van der Waals surface area contributed by atoms with Crippen LogP contribution in [0.5, 0.6) is 0 Å². The van der Waals surface area contributed by atoms with Crippen molar-refractivity contribution < 1.29 is 0 Å². The van der Waals surface area contributed by atoms with Crippen LogP contribution in [0.4, 0.5) is 17.2 Å². The van der Waals surface area contributed by atoms with Crippen LogP contribution in [-0.4, -0.2) is 75.1 Å². The summed E-state index contributed by atoms with van der Waals surface area (Å²) < 4.78 is 5.86. The van der Waals surface area contributed by atoms with Gasteiger partial charge >= 0.3 is 17.1 Å². The normalized spacial score (nSPS) is 11.6. The molecule has 9 aromatic rings. The number of aromatic amines is 4. The molecule has 0 unspecified atom stereocenters. The van der Waals surface area contributed by atoms with E-state index < -0.39 is 33.7 Å². The highest BCUT2D eigenvalue weighted by molar-refractivity contribution is 6.31. The summed E-state index contributed by atoms with van der Waals surface area (Å²) in [7, 11) is 0. The minimum absolute atomic E-state index is 0.200. The topological polar surface area (TPSA) is 303 Å². The Bertz CT molecular complexity index is 6340. The molecule has 7 aliphatic rings. The van der Waals surface area contributed by atoms with Crippen LogP contribution in [0.2, 0.25) is 5.02 Å². The Kier molecular flexibility index (Phi) is 23.2. The summed E-state index contributed by atoms with van der Waals surface area (Å²) in [5, 5.41) is 0.996. The van der Waals surface area contributed by atoms with E-state index in [1.807, 2.05) is 103 Å². The van der Waals surface area contributed by atoms with Gasteiger partial charge in [0.05, 0.1) is 44.5 Å². The molecule has 8 aromatic carbocycles. The largest absolute Gasteiger partial charge is 0.349 e. The Morgan fingerprint density at radius 1 is 0.357 bits per heavy atom. The minimum atomic E-state index is -0.644. The molecular weight excluding hydrogens is 1430 g/mol. The number of aromatic nitrogens is 14. The first-order chi connectivity index (χ1) is 53.8. The molecular formula is C88H87ClN16O7. The van der Waals surface area contributed by atoms with Crippen LogP contribution in [0.15, 0.2) is 190 Å². The molecule has 24 heteroatoms. The second kappa shape index (κ2) is 33.6. The van der Waals surface area contributed by atoms with Crippen molar-refractivity contribution in [3.05, 3.63) is 318 Å². The molecule has 0 aliphatic carbocycles. The van der Waals surface area contributed by atoms with Gasteiger partial charge in [0, 0.05) is 31.2 Å². The molecule has 112 heavy (non-hydrogen) atoms. The van der Waals surface area contributed by atoms with Crippen LogP contribution >= 0.6 is 11.6 Å². The number of hydrogen-bond donors (Lipinski definition) is 4. The first-order valence-electron chi connectivity index (χ1n) is 37.5. The van der Waals surface area contributed by atoms with E-state index in [1.165, 1.54) is 38.9 Å². The van der Waals surface area contributed by atoms with Gasteiger partial charge in [-0.1, -0.05) is 138 Å². The Hall–Kier alpha value is -12.8. The molecule has 7 aliphatic heterocycles. The van der Waals surface area contributed by atoms with Crippen LogP contribution < -0.4 is 55.0 Å². The molecule has 0 bridgehead atoms. The molecule has 0 saturated carbocycles. The molecule has 4 N–H and O–H groups in total. The molecule has 8 heterocycles. The molecule has 0 saturated heterocycles. The summed E-state index contributed by atoms with van der Waals surface area (Å²) in [5.74, 6) is 1.57. The maximum absolute atomic E-state index is 12.4. The van der Waals surface area contributed by atoms with Gasteiger partial charge in [0.1, 0.15) is 5.48 Å². The van der Waals surface area contributed by atoms with Crippen molar-refractivity contribution >= 4 is 68.5 Å². The van der Waals surface area contributed by atoms with Crippen LogP contribution in [0.3, 0.4) is 0 Å². The van der Waals surface area contributed by atoms with Crippen molar-refractivity contribution in [2.24, 2.45) is 4.99 Å². The standard InChI is InChI=1S/C22H21ClN4O.3C22H22N4O2/c1-14-12-18-19(13-17(14)23)27(11-7-6-10-16-8-4-3-5-9-16)21-20(26-18)22(28)25-15(2)24-21;1-13-6-4-7-16(10-13)8-5-9-26-18-12-15(3)14(2)11-17(18)23-19-20(26)24-22(28)25-21(19)27;2*1-13-6-8-16(9-7-13)5-4-10-26-18-12-15(3)14(2)11-17(18)23-19-20(26)24-22(28)25-21(19)27/h3-5,8-9,12-13H,2,6-7,10-11H2,1H3,(H,25,28);4,6-7,10-12H,5,8-9H2,1-3H3,(H,25,27,28);2*6-9,11-12H,4-5,10H2,1-3H3,(H,25,27,28). The first-order valence-corrected chi connectivity index (χ1v) is 37.9. The lowest BCUT2D eigenvalue weighted by atomic mass is 10.1. The van der Waals surface area contributed by atoms with Gasteiger partial charge in [-0.05, 0) is 237 Å². The molecule has 0 amide bonds. The van der Waals surface area contributed by atoms with Gasteiger partial charge in [0.2, 0.25) is 0 Å². The van der Waals surface area contributed by atoms with Crippen molar-refractivity contribution in [2.75, 3.05) is 11.4 Å². The third kappa shape index (κ3) is 17.6. The fourth-order valence-corrected chi connectivity index (χ4v) is 14.1. The third-order valence-electron chi connectivity index (χ3n) is 20.4. The monoisotopic (exact) mass is 1510 g/mol. The third-order valence-corrected chi connectivity index (χ3v) is 20.8. The number of nitrogens with zero attached hydrogens (tertiary/aromatic N) is 12. The average Bonchev–Trinajstić information content (AvgIpc) is 0.774. The van der Waals surface area contributed by atoms with E-state index in [-0.39, 0.29) is 22.6 Å². The van der Waals surface area contributed by atoms with Crippen molar-refractivity contribution in [1.29, 1.82) is 0 Å². The highest BCUT2D eigenvalue weighted by Crippen LogP contribution is 2.39. The molecule has 0 fully saturated rings. The van der Waals surface area contributed by atoms with Crippen LogP contribution in [0.25, 0.3) is 74.2 Å². The summed E-state index contributed by atoms with van der Waals surface area (Å²) in [4.78, 5) is 131. The molecule has 0 radical (unpaired) electrons. The van der Waals surface area contributed by atoms with E-state index in [0.29, 0.717) is 58.8 Å². The molecule has 23 nitrogen and oxygen atoms in total. The SMILES string of the molecule is C=c1nc2c(c(=O)[nH]1)=Nc1cc(C)c(Cl)cc1N2CCCCc1ccccc1.Cc1ccc(CCCn2c3nc(=O)[nH]c(=O)c-3nc3cc(C)c(C)cc32)cc1.Cc1ccc(CCCn2c3nc(=O)[nH]c(=O)c-3nc3cc(C)c(C)cc32)cc1.Cc1cccc(CCCn2c3nc(=O)[nH]c(=O)c-3nc3cc(C)c(C)cc32)c1. The lowest BCUT2D eigenvalue weighted by Crippen LogP contribution is -2.42. The zero-order valence-corrected chi connectivity index (χ0v) is 65.2. The Morgan fingerprint density at radius 2 is 0.759 bits per heavy atom. The number of fused-ring (bicyclic) bond motifs is 8. The number of benzene rings is 8. The Morgan fingerprint density at radius 3 is 1.20 bits per heavy atom. The summed E-state index contributed by atoms with van der Waals surface area (Å²) in [6, 6.07) is 51.7. The van der Waals surface area contributed by atoms with Crippen molar-refractivity contribution in [1.82, 2.24) is 68.5 Å². The second-order valence-corrected chi connectivity index (χ2v) is 29.4. The van der Waals surface area contributed by atoms with E-state index in [1.54, 1.807) is 0 Å². The predicted molar refractivity (Wildman–Crippen MR) is 443 cm³/mol. The summed E-state index contributed by atoms with van der Waals surface area (Å²) in [6.07, 6.45) is 8.26. The van der Waals surface area contributed by atoms with Gasteiger partial charge in [-0.15, -0.1) is 0 Å². The zero-order valence-electron chi connectivity index (χ0n) is 64.4. The number of rotatable bonds is 17. The molecule has 0 atom stereocenters. The van der Waals surface area contributed by atoms with Crippen LogP contribution in [0.1, 0.15) is 110 Å². The van der Waals surface area contributed by atoms with Gasteiger partial charge < -0.3 is 23.6 Å². The van der Waals surface area contributed by atoms with E-state index in [2.05, 4.69) is 202 Å². The van der Waals surface area contributed by atoms with E-state index in [9.17, 15) is 33.6 Å². The first kappa shape index (κ1) is 77.4. The molecule has 1 aromatic heterocycles. The quantitative estimate of drug-likeness (QED) is 0.0486. The van der Waals surface area contributed by atoms with Crippen molar-refractivity contribution in [3.63, 3.8) is 0 Å². The Balaban J connectivity index is 0.000000131. The number of halogens is 1. The molecule has 568 valence electrons. The summed E-state index contributed by atoms with van der Waals surface area (Å²) >= 11 is 6.37. The maximum atomic E-state index is 12.4. The van der Waals surface area contributed by atoms with Gasteiger partial charge in [-0.3, -0.25) is 34.1 Å². The van der Waals surface area contributed by atoms with Gasteiger partial charge in [-0.2, -0.15) is 15.0 Å². The average molecular weight is 1520 g/mol. The van der Waals surface area contributed by atoms with E-state index in [4.69, 9.17) is 11.6 Å². The van der Waals surface area contributed by atoms with Gasteiger partial charge in [0.25, 0.3) is 22.2 Å². The number of aryl methyl sites for hydroxylation is 17. The smallest absolute Gasteiger partial charge is 0.322 e. The van der Waals surface area contributed by atoms with Crippen molar-refractivity contribution in [3.8, 4) is 34.6 Å². The number of unbranched alkanes of at least 4 members (excludes halogenated alkanes) is 1. The van der Waals surface area contributed by atoms with Gasteiger partial charge in [0.15, 0.2) is 45.7 Å². The Labute approximate surface area is 649 Å². The lowest BCUT2D eigenvalue weighted by Gasteiger charge is -2.28. The van der Waals surface area contributed by atoms with Crippen molar-refractivity contribution in [2.45, 2.75) is 147 Å². The highest BCUT2D eigenvalue weighted by Gasteiger charge is 2.26. The minimum Gasteiger partial charge on any atom is -0.322 e. The number of H-pyrrole nitrogens is 4. The summed E-state index contributed by atoms with van der Waals surface area (Å²) in [6.45, 7) is 26.8. The predicted octanol–water partition coefficient (Wildman–Crippen LogP) is 13.0. The maximum Gasteiger partial charge on any atom is 0.349 e.